The molecule has 1 heterocycles. The van der Waals surface area contributed by atoms with E-state index in [1.807, 2.05) is 32.0 Å². The second-order valence-corrected chi connectivity index (χ2v) is 4.27. The van der Waals surface area contributed by atoms with Crippen LogP contribution in [0.15, 0.2) is 30.6 Å². The van der Waals surface area contributed by atoms with E-state index in [0.717, 1.165) is 16.8 Å². The minimum absolute atomic E-state index is 0.119. The van der Waals surface area contributed by atoms with E-state index in [1.54, 1.807) is 6.20 Å². The van der Waals surface area contributed by atoms with Crippen LogP contribution in [0.25, 0.3) is 0 Å². The summed E-state index contributed by atoms with van der Waals surface area (Å²) in [6.07, 6.45) is 3.15. The van der Waals surface area contributed by atoms with Gasteiger partial charge in [0, 0.05) is 11.9 Å². The number of nitrogen functional groups attached to an aromatic ring is 1. The Morgan fingerprint density at radius 3 is 2.89 bits per heavy atom. The quantitative estimate of drug-likeness (QED) is 0.863. The van der Waals surface area contributed by atoms with E-state index in [0.29, 0.717) is 5.69 Å². The number of hydrogen-bond donors (Lipinski definition) is 2. The van der Waals surface area contributed by atoms with Gasteiger partial charge >= 0.3 is 0 Å². The van der Waals surface area contributed by atoms with Crippen molar-refractivity contribution in [2.75, 3.05) is 11.1 Å². The van der Waals surface area contributed by atoms with E-state index in [9.17, 15) is 4.79 Å². The van der Waals surface area contributed by atoms with Crippen LogP contribution in [-0.4, -0.2) is 15.7 Å². The second-order valence-electron chi connectivity index (χ2n) is 4.27. The van der Waals surface area contributed by atoms with Crippen molar-refractivity contribution in [3.05, 3.63) is 41.7 Å². The number of aryl methyl sites for hydroxylation is 1. The zero-order valence-electron chi connectivity index (χ0n) is 10.5. The molecule has 0 spiro atoms. The molecule has 0 aliphatic rings. The molecule has 0 aliphatic heterocycles. The van der Waals surface area contributed by atoms with Crippen LogP contribution in [0.3, 0.4) is 0 Å². The standard InChI is InChI=1S/C13H16N4O/c1-9-4-3-5-12(10(9)2)16-13(18)8-17-7-11(14)6-15-17/h3-7H,8,14H2,1-2H3,(H,16,18). The maximum atomic E-state index is 11.8. The molecule has 0 fully saturated rings. The number of carbonyl (C=O) groups is 1. The largest absolute Gasteiger partial charge is 0.396 e. The van der Waals surface area contributed by atoms with Crippen LogP contribution < -0.4 is 11.1 Å². The van der Waals surface area contributed by atoms with Gasteiger partial charge in [-0.2, -0.15) is 5.10 Å². The van der Waals surface area contributed by atoms with Crippen molar-refractivity contribution >= 4 is 17.3 Å². The number of aromatic nitrogens is 2. The summed E-state index contributed by atoms with van der Waals surface area (Å²) in [4.78, 5) is 11.8. The number of nitrogens with two attached hydrogens (primary N) is 1. The lowest BCUT2D eigenvalue weighted by atomic mass is 10.1. The van der Waals surface area contributed by atoms with E-state index in [-0.39, 0.29) is 12.5 Å². The highest BCUT2D eigenvalue weighted by Crippen LogP contribution is 2.17. The molecule has 5 heteroatoms. The topological polar surface area (TPSA) is 72.9 Å². The Labute approximate surface area is 106 Å². The molecule has 0 radical (unpaired) electrons. The predicted molar refractivity (Wildman–Crippen MR) is 71.2 cm³/mol. The normalized spacial score (nSPS) is 10.3. The van der Waals surface area contributed by atoms with Crippen molar-refractivity contribution < 1.29 is 4.79 Å². The Morgan fingerprint density at radius 2 is 2.22 bits per heavy atom. The molecule has 1 amide bonds. The van der Waals surface area contributed by atoms with Gasteiger partial charge in [-0.05, 0) is 31.0 Å². The van der Waals surface area contributed by atoms with E-state index < -0.39 is 0 Å². The van der Waals surface area contributed by atoms with Gasteiger partial charge in [0.05, 0.1) is 11.9 Å². The Kier molecular flexibility index (Phi) is 3.32. The number of anilines is 2. The summed E-state index contributed by atoms with van der Waals surface area (Å²) in [5.41, 5.74) is 9.14. The third-order valence-electron chi connectivity index (χ3n) is 2.84. The molecule has 0 aliphatic carbocycles. The first kappa shape index (κ1) is 12.2. The molecular formula is C13H16N4O. The average Bonchev–Trinajstić information content (AvgIpc) is 2.70. The second kappa shape index (κ2) is 4.91. The van der Waals surface area contributed by atoms with Gasteiger partial charge in [0.2, 0.25) is 5.91 Å². The predicted octanol–water partition coefficient (Wildman–Crippen LogP) is 1.72. The minimum atomic E-state index is -0.119. The zero-order valence-corrected chi connectivity index (χ0v) is 10.5. The number of carbonyl (C=O) groups excluding carboxylic acids is 1. The van der Waals surface area contributed by atoms with Crippen LogP contribution in [0.4, 0.5) is 11.4 Å². The van der Waals surface area contributed by atoms with Gasteiger partial charge in [-0.25, -0.2) is 0 Å². The average molecular weight is 244 g/mol. The molecule has 0 unspecified atom stereocenters. The zero-order chi connectivity index (χ0) is 13.1. The molecule has 1 aromatic carbocycles. The third-order valence-corrected chi connectivity index (χ3v) is 2.84. The summed E-state index contributed by atoms with van der Waals surface area (Å²) < 4.78 is 1.51. The fourth-order valence-electron chi connectivity index (χ4n) is 1.69. The van der Waals surface area contributed by atoms with Crippen LogP contribution in [0.1, 0.15) is 11.1 Å². The molecule has 94 valence electrons. The van der Waals surface area contributed by atoms with Crippen LogP contribution in [-0.2, 0) is 11.3 Å². The van der Waals surface area contributed by atoms with Crippen LogP contribution in [0.5, 0.6) is 0 Å². The summed E-state index contributed by atoms with van der Waals surface area (Å²) in [5, 5.41) is 6.84. The number of nitrogens with one attached hydrogen (secondary N) is 1. The van der Waals surface area contributed by atoms with Crippen molar-refractivity contribution in [3.8, 4) is 0 Å². The fourth-order valence-corrected chi connectivity index (χ4v) is 1.69. The highest BCUT2D eigenvalue weighted by atomic mass is 16.2. The van der Waals surface area contributed by atoms with Crippen LogP contribution >= 0.6 is 0 Å². The Bertz CT molecular complexity index is 574. The molecule has 2 aromatic rings. The maximum absolute atomic E-state index is 11.8. The summed E-state index contributed by atoms with van der Waals surface area (Å²) >= 11 is 0. The molecule has 2 rings (SSSR count). The van der Waals surface area contributed by atoms with E-state index in [1.165, 1.54) is 10.9 Å². The molecule has 0 saturated carbocycles. The summed E-state index contributed by atoms with van der Waals surface area (Å²) in [7, 11) is 0. The fraction of sp³-hybridized carbons (Fsp3) is 0.231. The summed E-state index contributed by atoms with van der Waals surface area (Å²) in [6.45, 7) is 4.15. The lowest BCUT2D eigenvalue weighted by molar-refractivity contribution is -0.116. The first-order valence-corrected chi connectivity index (χ1v) is 5.70. The van der Waals surface area contributed by atoms with Crippen molar-refractivity contribution in [2.45, 2.75) is 20.4 Å². The van der Waals surface area contributed by atoms with Crippen molar-refractivity contribution in [2.24, 2.45) is 0 Å². The van der Waals surface area contributed by atoms with Crippen LogP contribution in [0.2, 0.25) is 0 Å². The van der Waals surface area contributed by atoms with Gasteiger partial charge in [-0.15, -0.1) is 0 Å². The van der Waals surface area contributed by atoms with Gasteiger partial charge in [-0.3, -0.25) is 9.48 Å². The van der Waals surface area contributed by atoms with Gasteiger partial charge in [-0.1, -0.05) is 12.1 Å². The molecule has 0 atom stereocenters. The number of hydrogen-bond acceptors (Lipinski definition) is 3. The molecule has 3 N–H and O–H groups in total. The molecule has 1 aromatic heterocycles. The minimum Gasteiger partial charge on any atom is -0.396 e. The Hall–Kier alpha value is -2.30. The lowest BCUT2D eigenvalue weighted by Gasteiger charge is -2.10. The smallest absolute Gasteiger partial charge is 0.246 e. The molecule has 5 nitrogen and oxygen atoms in total. The summed E-state index contributed by atoms with van der Waals surface area (Å²) in [5.74, 6) is -0.119. The first-order chi connectivity index (χ1) is 8.56. The van der Waals surface area contributed by atoms with Gasteiger partial charge in [0.25, 0.3) is 0 Å². The molecule has 0 bridgehead atoms. The number of amides is 1. The lowest BCUT2D eigenvalue weighted by Crippen LogP contribution is -2.19. The van der Waals surface area contributed by atoms with Gasteiger partial charge in [0.1, 0.15) is 6.54 Å². The number of rotatable bonds is 3. The molecular weight excluding hydrogens is 228 g/mol. The van der Waals surface area contributed by atoms with E-state index in [4.69, 9.17) is 5.73 Å². The van der Waals surface area contributed by atoms with Crippen LogP contribution in [0, 0.1) is 13.8 Å². The molecule has 18 heavy (non-hydrogen) atoms. The van der Waals surface area contributed by atoms with Crippen molar-refractivity contribution in [3.63, 3.8) is 0 Å². The third kappa shape index (κ3) is 2.68. The number of nitrogens with zero attached hydrogens (tertiary/aromatic N) is 2. The highest BCUT2D eigenvalue weighted by molar-refractivity contribution is 5.91. The van der Waals surface area contributed by atoms with Gasteiger partial charge in [0.15, 0.2) is 0 Å². The van der Waals surface area contributed by atoms with Gasteiger partial charge < -0.3 is 11.1 Å². The maximum Gasteiger partial charge on any atom is 0.246 e. The Balaban J connectivity index is 2.05. The van der Waals surface area contributed by atoms with E-state index >= 15 is 0 Å². The Morgan fingerprint density at radius 1 is 1.44 bits per heavy atom. The van der Waals surface area contributed by atoms with Crippen molar-refractivity contribution in [1.82, 2.24) is 9.78 Å². The first-order valence-electron chi connectivity index (χ1n) is 5.70. The highest BCUT2D eigenvalue weighted by Gasteiger charge is 2.07. The van der Waals surface area contributed by atoms with Crippen molar-refractivity contribution in [1.29, 1.82) is 0 Å². The SMILES string of the molecule is Cc1cccc(NC(=O)Cn2cc(N)cn2)c1C. The summed E-state index contributed by atoms with van der Waals surface area (Å²) in [6, 6.07) is 5.82. The molecule has 0 saturated heterocycles. The van der Waals surface area contributed by atoms with E-state index in [2.05, 4.69) is 10.4 Å². The monoisotopic (exact) mass is 244 g/mol. The number of benzene rings is 1.